The van der Waals surface area contributed by atoms with Crippen LogP contribution in [-0.2, 0) is 9.53 Å². The Morgan fingerprint density at radius 3 is 2.63 bits per heavy atom. The molecule has 166 valence electrons. The van der Waals surface area contributed by atoms with Gasteiger partial charge in [-0.05, 0) is 97.9 Å². The molecular weight excluding hydrogens is 370 g/mol. The number of ketones is 1. The summed E-state index contributed by atoms with van der Waals surface area (Å²) in [5, 5.41) is 3.88. The molecule has 2 aliphatic heterocycles. The Morgan fingerprint density at radius 1 is 1.03 bits per heavy atom. The van der Waals surface area contributed by atoms with Crippen molar-refractivity contribution in [1.29, 1.82) is 0 Å². The van der Waals surface area contributed by atoms with Gasteiger partial charge in [0.15, 0.2) is 5.78 Å². The van der Waals surface area contributed by atoms with E-state index >= 15 is 0 Å². The lowest BCUT2D eigenvalue weighted by Gasteiger charge is -2.58. The summed E-state index contributed by atoms with van der Waals surface area (Å²) in [5.74, 6) is 4.89. The van der Waals surface area contributed by atoms with Gasteiger partial charge in [-0.25, -0.2) is 0 Å². The highest BCUT2D eigenvalue weighted by molar-refractivity contribution is 5.91. The fourth-order valence-corrected chi connectivity index (χ4v) is 9.76. The zero-order valence-electron chi connectivity index (χ0n) is 19.5. The maximum absolute atomic E-state index is 12.1. The van der Waals surface area contributed by atoms with Crippen LogP contribution in [0, 0.1) is 46.3 Å². The van der Waals surface area contributed by atoms with Crippen molar-refractivity contribution < 1.29 is 9.53 Å². The summed E-state index contributed by atoms with van der Waals surface area (Å²) in [6.07, 6.45) is 13.3. The van der Waals surface area contributed by atoms with Crippen LogP contribution in [0.3, 0.4) is 0 Å². The van der Waals surface area contributed by atoms with E-state index in [4.69, 9.17) is 4.74 Å². The van der Waals surface area contributed by atoms with Crippen molar-refractivity contribution in [3.8, 4) is 0 Å². The molecule has 1 N–H and O–H groups in total. The zero-order valence-corrected chi connectivity index (χ0v) is 19.5. The fraction of sp³-hybridized carbons (Fsp3) is 0.889. The molecule has 0 bridgehead atoms. The van der Waals surface area contributed by atoms with Gasteiger partial charge in [0.1, 0.15) is 5.72 Å². The average Bonchev–Trinajstić information content (AvgIpc) is 3.16. The number of nitrogens with one attached hydrogen (secondary N) is 1. The number of ether oxygens (including phenoxy) is 1. The average molecular weight is 412 g/mol. The van der Waals surface area contributed by atoms with Gasteiger partial charge in [-0.15, -0.1) is 0 Å². The molecule has 0 amide bonds. The molecule has 4 aliphatic carbocycles. The first-order valence-corrected chi connectivity index (χ1v) is 12.9. The SMILES string of the molecule is C[C@H]1CC[C@@]2(NC1)O[C@H]1C[C@@H]3[C@H]4CCC5=CC(=O)CC[C@]5(C)[C@@H]4CC[C@]3(C)[C@H]1[C@@H]2C. The fourth-order valence-electron chi connectivity index (χ4n) is 9.76. The molecule has 3 saturated carbocycles. The van der Waals surface area contributed by atoms with E-state index in [-0.39, 0.29) is 11.1 Å². The highest BCUT2D eigenvalue weighted by Crippen LogP contribution is 2.70. The summed E-state index contributed by atoms with van der Waals surface area (Å²) in [7, 11) is 0. The summed E-state index contributed by atoms with van der Waals surface area (Å²) >= 11 is 0. The highest BCUT2D eigenvalue weighted by atomic mass is 16.5. The highest BCUT2D eigenvalue weighted by Gasteiger charge is 2.68. The smallest absolute Gasteiger partial charge is 0.155 e. The normalized spacial score (nSPS) is 57.4. The van der Waals surface area contributed by atoms with Crippen molar-refractivity contribution in [1.82, 2.24) is 5.32 Å². The van der Waals surface area contributed by atoms with E-state index in [0.717, 1.165) is 49.5 Å². The second-order valence-electron chi connectivity index (χ2n) is 12.6. The van der Waals surface area contributed by atoms with E-state index < -0.39 is 0 Å². The Labute approximate surface area is 182 Å². The molecule has 0 aromatic rings. The van der Waals surface area contributed by atoms with Crippen molar-refractivity contribution in [3.05, 3.63) is 11.6 Å². The topological polar surface area (TPSA) is 38.3 Å². The maximum Gasteiger partial charge on any atom is 0.155 e. The molecule has 0 unspecified atom stereocenters. The van der Waals surface area contributed by atoms with E-state index in [2.05, 4.69) is 33.0 Å². The maximum atomic E-state index is 12.1. The monoisotopic (exact) mass is 411 g/mol. The number of rotatable bonds is 0. The molecule has 0 radical (unpaired) electrons. The van der Waals surface area contributed by atoms with Crippen LogP contribution in [0.4, 0.5) is 0 Å². The minimum Gasteiger partial charge on any atom is -0.357 e. The second kappa shape index (κ2) is 6.44. The van der Waals surface area contributed by atoms with Gasteiger partial charge < -0.3 is 4.74 Å². The summed E-state index contributed by atoms with van der Waals surface area (Å²) in [5.41, 5.74) is 2.16. The van der Waals surface area contributed by atoms with E-state index in [1.807, 2.05) is 6.08 Å². The molecule has 3 nitrogen and oxygen atoms in total. The summed E-state index contributed by atoms with van der Waals surface area (Å²) < 4.78 is 6.99. The number of hydrogen-bond acceptors (Lipinski definition) is 3. The van der Waals surface area contributed by atoms with E-state index in [1.165, 1.54) is 44.1 Å². The quantitative estimate of drug-likeness (QED) is 0.572. The minimum atomic E-state index is -0.0507. The summed E-state index contributed by atoms with van der Waals surface area (Å²) in [6, 6.07) is 0. The predicted octanol–water partition coefficient (Wildman–Crippen LogP) is 5.50. The largest absolute Gasteiger partial charge is 0.357 e. The lowest BCUT2D eigenvalue weighted by Crippen LogP contribution is -2.57. The van der Waals surface area contributed by atoms with E-state index in [1.54, 1.807) is 0 Å². The number of piperidine rings is 1. The van der Waals surface area contributed by atoms with Gasteiger partial charge in [0.2, 0.25) is 0 Å². The molecule has 0 aromatic heterocycles. The van der Waals surface area contributed by atoms with Crippen LogP contribution >= 0.6 is 0 Å². The predicted molar refractivity (Wildman–Crippen MR) is 119 cm³/mol. The van der Waals surface area contributed by atoms with Crippen molar-refractivity contribution in [3.63, 3.8) is 0 Å². The van der Waals surface area contributed by atoms with Gasteiger partial charge in [-0.2, -0.15) is 0 Å². The first-order valence-electron chi connectivity index (χ1n) is 12.9. The molecule has 6 aliphatic rings. The molecule has 2 saturated heterocycles. The van der Waals surface area contributed by atoms with Crippen LogP contribution in [0.1, 0.15) is 85.5 Å². The van der Waals surface area contributed by atoms with Crippen molar-refractivity contribution in [2.24, 2.45) is 46.3 Å². The third-order valence-corrected chi connectivity index (χ3v) is 11.4. The Kier molecular flexibility index (Phi) is 4.29. The molecule has 30 heavy (non-hydrogen) atoms. The Morgan fingerprint density at radius 2 is 1.87 bits per heavy atom. The number of carbonyl (C=O) groups is 1. The van der Waals surface area contributed by atoms with Crippen LogP contribution < -0.4 is 5.32 Å². The van der Waals surface area contributed by atoms with Crippen molar-refractivity contribution in [2.75, 3.05) is 6.54 Å². The van der Waals surface area contributed by atoms with Crippen LogP contribution in [0.5, 0.6) is 0 Å². The van der Waals surface area contributed by atoms with Gasteiger partial charge in [-0.1, -0.05) is 33.3 Å². The standard InChI is InChI=1S/C27H41NO2/c1-16-7-12-27(28-15-16)17(2)24-23(30-27)14-22-20-6-5-18-13-19(29)8-10-25(18,3)21(20)9-11-26(22,24)4/h13,16-17,20-24,28H,5-12,14-15H2,1-4H3/t16-,17-,20-,21+,22+,23-,24-,25-,26-,27+/m0/s1. The Hall–Kier alpha value is -0.670. The number of fused-ring (bicyclic) bond motifs is 7. The molecule has 2 heterocycles. The molecular formula is C27H41NO2. The van der Waals surface area contributed by atoms with E-state index in [0.29, 0.717) is 29.1 Å². The van der Waals surface area contributed by atoms with Crippen molar-refractivity contribution >= 4 is 5.78 Å². The molecule has 3 heteroatoms. The minimum absolute atomic E-state index is 0.0507. The number of hydrogen-bond donors (Lipinski definition) is 1. The molecule has 6 rings (SSSR count). The number of carbonyl (C=O) groups excluding carboxylic acids is 1. The first kappa shape index (κ1) is 20.0. The van der Waals surface area contributed by atoms with Gasteiger partial charge in [0.25, 0.3) is 0 Å². The van der Waals surface area contributed by atoms with Crippen molar-refractivity contribution in [2.45, 2.75) is 97.3 Å². The third-order valence-electron chi connectivity index (χ3n) is 11.4. The summed E-state index contributed by atoms with van der Waals surface area (Å²) in [6.45, 7) is 11.1. The molecule has 1 spiro atoms. The van der Waals surface area contributed by atoms with E-state index in [9.17, 15) is 4.79 Å². The second-order valence-corrected chi connectivity index (χ2v) is 12.6. The first-order chi connectivity index (χ1) is 14.3. The third kappa shape index (κ3) is 2.48. The van der Waals surface area contributed by atoms with Crippen LogP contribution in [-0.4, -0.2) is 24.2 Å². The molecule has 10 atom stereocenters. The summed E-state index contributed by atoms with van der Waals surface area (Å²) in [4.78, 5) is 12.1. The van der Waals surface area contributed by atoms with Crippen LogP contribution in [0.15, 0.2) is 11.6 Å². The van der Waals surface area contributed by atoms with Gasteiger partial charge in [0, 0.05) is 18.9 Å². The molecule has 5 fully saturated rings. The van der Waals surface area contributed by atoms with Gasteiger partial charge in [0.05, 0.1) is 6.10 Å². The lowest BCUT2D eigenvalue weighted by molar-refractivity contribution is -0.120. The number of allylic oxidation sites excluding steroid dienone is 1. The molecule has 0 aromatic carbocycles. The van der Waals surface area contributed by atoms with Gasteiger partial charge in [-0.3, -0.25) is 10.1 Å². The van der Waals surface area contributed by atoms with Crippen LogP contribution in [0.2, 0.25) is 0 Å². The Balaban J connectivity index is 1.28. The van der Waals surface area contributed by atoms with Crippen LogP contribution in [0.25, 0.3) is 0 Å². The Bertz CT molecular complexity index is 780. The van der Waals surface area contributed by atoms with Gasteiger partial charge >= 0.3 is 0 Å². The zero-order chi connectivity index (χ0) is 20.9. The lowest BCUT2D eigenvalue weighted by atomic mass is 9.46.